The molecule has 6 heteroatoms. The molecule has 0 bridgehead atoms. The van der Waals surface area contributed by atoms with Gasteiger partial charge in [0.25, 0.3) is 7.37 Å². The van der Waals surface area contributed by atoms with Crippen LogP contribution in [0, 0.1) is 0 Å². The Bertz CT molecular complexity index is 736. The summed E-state index contributed by atoms with van der Waals surface area (Å²) in [5, 5.41) is 0.817. The molecule has 0 spiro atoms. The summed E-state index contributed by atoms with van der Waals surface area (Å²) < 4.78 is 58.2. The van der Waals surface area contributed by atoms with Crippen LogP contribution in [0.3, 0.4) is 0 Å². The second kappa shape index (κ2) is 7.35. The Balaban J connectivity index is 1.97. The van der Waals surface area contributed by atoms with E-state index in [9.17, 15) is 17.7 Å². The maximum Gasteiger partial charge on any atom is 0.416 e. The summed E-state index contributed by atoms with van der Waals surface area (Å²) in [6.07, 6.45) is 0.297. The van der Waals surface area contributed by atoms with Crippen molar-refractivity contribution in [2.24, 2.45) is 0 Å². The van der Waals surface area contributed by atoms with Gasteiger partial charge in [0.05, 0.1) is 11.7 Å². The van der Waals surface area contributed by atoms with Gasteiger partial charge in [-0.25, -0.2) is 0 Å². The molecule has 0 amide bonds. The lowest BCUT2D eigenvalue weighted by molar-refractivity contribution is -0.137. The largest absolute Gasteiger partial charge is 0.416 e. The van der Waals surface area contributed by atoms with E-state index in [1.807, 2.05) is 0 Å². The maximum atomic E-state index is 13.7. The predicted octanol–water partition coefficient (Wildman–Crippen LogP) is 5.28. The number of halogens is 3. The van der Waals surface area contributed by atoms with E-state index in [2.05, 4.69) is 0 Å². The average molecular weight is 368 g/mol. The van der Waals surface area contributed by atoms with Crippen LogP contribution >= 0.6 is 7.37 Å². The highest BCUT2D eigenvalue weighted by atomic mass is 31.2. The molecule has 2 aromatic carbocycles. The molecule has 134 valence electrons. The van der Waals surface area contributed by atoms with Crippen molar-refractivity contribution in [3.63, 3.8) is 0 Å². The summed E-state index contributed by atoms with van der Waals surface area (Å²) in [5.74, 6) is 0. The average Bonchev–Trinajstić information content (AvgIpc) is 2.62. The highest BCUT2D eigenvalue weighted by molar-refractivity contribution is 7.74. The predicted molar refractivity (Wildman–Crippen MR) is 92.7 cm³/mol. The number of benzene rings is 2. The van der Waals surface area contributed by atoms with Crippen molar-refractivity contribution < 1.29 is 22.3 Å². The van der Waals surface area contributed by atoms with Crippen LogP contribution in [0.2, 0.25) is 0 Å². The van der Waals surface area contributed by atoms with Gasteiger partial charge in [-0.15, -0.1) is 0 Å². The van der Waals surface area contributed by atoms with E-state index in [1.165, 1.54) is 12.1 Å². The van der Waals surface area contributed by atoms with Crippen molar-refractivity contribution in [2.75, 3.05) is 0 Å². The molecule has 2 nitrogen and oxygen atoms in total. The molecule has 0 heterocycles. The first-order chi connectivity index (χ1) is 11.9. The summed E-state index contributed by atoms with van der Waals surface area (Å²) in [5.41, 5.74) is -0.756. The van der Waals surface area contributed by atoms with E-state index in [1.54, 1.807) is 30.3 Å². The fourth-order valence-electron chi connectivity index (χ4n) is 3.12. The second-order valence-corrected chi connectivity index (χ2v) is 8.64. The number of hydrogen-bond donors (Lipinski definition) is 0. The van der Waals surface area contributed by atoms with E-state index in [0.717, 1.165) is 44.2 Å². The minimum absolute atomic E-state index is 0.123. The molecule has 0 N–H and O–H groups in total. The van der Waals surface area contributed by atoms with Crippen LogP contribution in [0.15, 0.2) is 54.6 Å². The number of alkyl halides is 3. The van der Waals surface area contributed by atoms with Crippen molar-refractivity contribution in [2.45, 2.75) is 44.4 Å². The van der Waals surface area contributed by atoms with Crippen molar-refractivity contribution in [3.8, 4) is 0 Å². The molecule has 0 radical (unpaired) electrons. The summed E-state index contributed by atoms with van der Waals surface area (Å²) >= 11 is 0. The minimum Gasteiger partial charge on any atom is -0.319 e. The zero-order chi connectivity index (χ0) is 17.9. The Morgan fingerprint density at radius 1 is 0.840 bits per heavy atom. The van der Waals surface area contributed by atoms with E-state index in [4.69, 9.17) is 4.52 Å². The van der Waals surface area contributed by atoms with E-state index < -0.39 is 19.1 Å². The summed E-state index contributed by atoms with van der Waals surface area (Å²) in [6.45, 7) is 0. The van der Waals surface area contributed by atoms with Crippen LogP contribution in [-0.2, 0) is 15.3 Å². The first-order valence-corrected chi connectivity index (χ1v) is 10.0. The van der Waals surface area contributed by atoms with Gasteiger partial charge in [0, 0.05) is 10.6 Å². The molecule has 1 fully saturated rings. The molecule has 1 atom stereocenters. The smallest absolute Gasteiger partial charge is 0.319 e. The quantitative estimate of drug-likeness (QED) is 0.686. The molecule has 0 aromatic heterocycles. The highest BCUT2D eigenvalue weighted by Crippen LogP contribution is 2.48. The summed E-state index contributed by atoms with van der Waals surface area (Å²) in [7, 11) is -3.43. The van der Waals surface area contributed by atoms with Crippen LogP contribution in [0.25, 0.3) is 0 Å². The van der Waals surface area contributed by atoms with Gasteiger partial charge in [0.1, 0.15) is 0 Å². The maximum absolute atomic E-state index is 13.7. The summed E-state index contributed by atoms with van der Waals surface area (Å²) in [4.78, 5) is 0. The molecular weight excluding hydrogens is 348 g/mol. The van der Waals surface area contributed by atoms with Gasteiger partial charge in [-0.1, -0.05) is 37.5 Å². The molecule has 25 heavy (non-hydrogen) atoms. The van der Waals surface area contributed by atoms with E-state index >= 15 is 0 Å². The van der Waals surface area contributed by atoms with Crippen molar-refractivity contribution in [1.82, 2.24) is 0 Å². The monoisotopic (exact) mass is 368 g/mol. The first kappa shape index (κ1) is 18.2. The standard InChI is InChI=1S/C19H20F3O2P/c20-19(21,22)15-11-13-18(14-12-15)25(23,17-9-5-2-6-10-17)24-16-7-3-1-4-8-16/h2,5-6,9-14,16H,1,3-4,7-8H2. The fraction of sp³-hybridized carbons (Fsp3) is 0.368. The Morgan fingerprint density at radius 2 is 1.40 bits per heavy atom. The molecule has 1 saturated carbocycles. The Kier molecular flexibility index (Phi) is 5.35. The van der Waals surface area contributed by atoms with E-state index in [-0.39, 0.29) is 6.10 Å². The fourth-order valence-corrected chi connectivity index (χ4v) is 5.40. The number of hydrogen-bond acceptors (Lipinski definition) is 2. The molecule has 1 aliphatic rings. The van der Waals surface area contributed by atoms with Gasteiger partial charge in [-0.3, -0.25) is 4.57 Å². The SMILES string of the molecule is O=P(OC1CCCCC1)(c1ccccc1)c1ccc(C(F)(F)F)cc1. The third kappa shape index (κ3) is 4.16. The van der Waals surface area contributed by atoms with Gasteiger partial charge >= 0.3 is 6.18 Å². The molecule has 0 aliphatic heterocycles. The highest BCUT2D eigenvalue weighted by Gasteiger charge is 2.35. The van der Waals surface area contributed by atoms with Gasteiger partial charge in [-0.05, 0) is 49.2 Å². The third-order valence-electron chi connectivity index (χ3n) is 4.48. The third-order valence-corrected chi connectivity index (χ3v) is 7.03. The van der Waals surface area contributed by atoms with Crippen LogP contribution in [0.4, 0.5) is 13.2 Å². The normalized spacial score (nSPS) is 18.7. The lowest BCUT2D eigenvalue weighted by atomic mass is 9.98. The lowest BCUT2D eigenvalue weighted by Crippen LogP contribution is -2.25. The molecule has 1 aliphatic carbocycles. The second-order valence-electron chi connectivity index (χ2n) is 6.30. The zero-order valence-corrected chi connectivity index (χ0v) is 14.6. The van der Waals surface area contributed by atoms with Gasteiger partial charge in [0.2, 0.25) is 0 Å². The van der Waals surface area contributed by atoms with E-state index in [0.29, 0.717) is 10.6 Å². The van der Waals surface area contributed by atoms with Crippen LogP contribution in [0.1, 0.15) is 37.7 Å². The van der Waals surface area contributed by atoms with Crippen LogP contribution in [0.5, 0.6) is 0 Å². The minimum atomic E-state index is -4.42. The Labute approximate surface area is 145 Å². The molecule has 0 saturated heterocycles. The first-order valence-electron chi connectivity index (χ1n) is 8.41. The van der Waals surface area contributed by atoms with Crippen molar-refractivity contribution in [1.29, 1.82) is 0 Å². The number of rotatable bonds is 4. The Hall–Kier alpha value is -1.58. The van der Waals surface area contributed by atoms with Gasteiger partial charge in [-0.2, -0.15) is 13.2 Å². The van der Waals surface area contributed by atoms with Gasteiger partial charge in [0.15, 0.2) is 0 Å². The van der Waals surface area contributed by atoms with Crippen LogP contribution in [-0.4, -0.2) is 6.10 Å². The molecule has 2 aromatic rings. The zero-order valence-electron chi connectivity index (χ0n) is 13.7. The Morgan fingerprint density at radius 3 is 1.96 bits per heavy atom. The molecule has 3 rings (SSSR count). The van der Waals surface area contributed by atoms with Crippen molar-refractivity contribution >= 4 is 18.0 Å². The summed E-state index contributed by atoms with van der Waals surface area (Å²) in [6, 6.07) is 13.2. The topological polar surface area (TPSA) is 26.3 Å². The van der Waals surface area contributed by atoms with Gasteiger partial charge < -0.3 is 4.52 Å². The van der Waals surface area contributed by atoms with Crippen molar-refractivity contribution in [3.05, 3.63) is 60.2 Å². The van der Waals surface area contributed by atoms with Crippen LogP contribution < -0.4 is 10.6 Å². The molecular formula is C19H20F3O2P. The molecule has 1 unspecified atom stereocenters. The lowest BCUT2D eigenvalue weighted by Gasteiger charge is -2.28.